The summed E-state index contributed by atoms with van der Waals surface area (Å²) in [5, 5.41) is 9.17. The Balaban J connectivity index is 3.34. The highest BCUT2D eigenvalue weighted by atomic mass is 79.9. The number of rotatable bonds is 0. The summed E-state index contributed by atoms with van der Waals surface area (Å²) in [5.41, 5.74) is 6.02. The number of aromatic hydroxyl groups is 1. The Labute approximate surface area is 67.0 Å². The number of hydrogen-bond donors (Lipinski definition) is 2. The van der Waals surface area contributed by atoms with Crippen LogP contribution in [-0.4, -0.2) is 10.1 Å². The first kappa shape index (κ1) is 7.34. The first-order chi connectivity index (χ1) is 4.63. The lowest BCUT2D eigenvalue weighted by Crippen LogP contribution is -1.92. The molecule has 0 aliphatic rings. The van der Waals surface area contributed by atoms with E-state index in [2.05, 4.69) is 20.9 Å². The third-order valence-corrected chi connectivity index (χ3v) is 2.07. The molecule has 0 bridgehead atoms. The van der Waals surface area contributed by atoms with Gasteiger partial charge in [0.25, 0.3) is 0 Å². The summed E-state index contributed by atoms with van der Waals surface area (Å²) in [5.74, 6) is 0.218. The second-order valence-electron chi connectivity index (χ2n) is 1.96. The maximum Gasteiger partial charge on any atom is 0.166 e. The minimum absolute atomic E-state index is 0.0503. The van der Waals surface area contributed by atoms with Gasteiger partial charge in [-0.15, -0.1) is 0 Å². The summed E-state index contributed by atoms with van der Waals surface area (Å²) in [4.78, 5) is 3.72. The molecule has 1 heterocycles. The van der Waals surface area contributed by atoms with Gasteiger partial charge in [-0.05, 0) is 22.9 Å². The summed E-state index contributed by atoms with van der Waals surface area (Å²) in [6, 6.07) is 0. The molecule has 10 heavy (non-hydrogen) atoms. The van der Waals surface area contributed by atoms with Crippen LogP contribution in [0, 0.1) is 6.92 Å². The van der Waals surface area contributed by atoms with E-state index in [0.717, 1.165) is 4.47 Å². The predicted octanol–water partition coefficient (Wildman–Crippen LogP) is 1.44. The molecule has 0 amide bonds. The van der Waals surface area contributed by atoms with Gasteiger partial charge in [0, 0.05) is 16.2 Å². The molecule has 3 nitrogen and oxygen atoms in total. The van der Waals surface area contributed by atoms with Crippen molar-refractivity contribution in [3.8, 4) is 5.75 Å². The zero-order valence-electron chi connectivity index (χ0n) is 5.43. The van der Waals surface area contributed by atoms with Crippen LogP contribution in [-0.2, 0) is 0 Å². The van der Waals surface area contributed by atoms with E-state index in [0.29, 0.717) is 5.56 Å². The van der Waals surface area contributed by atoms with Crippen molar-refractivity contribution in [2.24, 2.45) is 0 Å². The molecule has 1 aromatic heterocycles. The van der Waals surface area contributed by atoms with Crippen LogP contribution in [0.2, 0.25) is 0 Å². The minimum Gasteiger partial charge on any atom is -0.504 e. The van der Waals surface area contributed by atoms with Crippen LogP contribution >= 0.6 is 15.9 Å². The molecule has 0 aliphatic heterocycles. The van der Waals surface area contributed by atoms with Crippen molar-refractivity contribution in [1.29, 1.82) is 0 Å². The van der Waals surface area contributed by atoms with Crippen molar-refractivity contribution >= 4 is 21.7 Å². The Bertz CT molecular complexity index is 235. The number of nitrogens with zero attached hydrogens (tertiary/aromatic N) is 1. The molecule has 3 N–H and O–H groups in total. The highest BCUT2D eigenvalue weighted by Crippen LogP contribution is 2.27. The van der Waals surface area contributed by atoms with Gasteiger partial charge in [-0.1, -0.05) is 0 Å². The Morgan fingerprint density at radius 3 is 2.80 bits per heavy atom. The molecular formula is C6H7BrN2O. The Kier molecular flexibility index (Phi) is 1.80. The van der Waals surface area contributed by atoms with Gasteiger partial charge < -0.3 is 10.8 Å². The number of pyridine rings is 1. The molecule has 1 aromatic rings. The monoisotopic (exact) mass is 202 g/mol. The van der Waals surface area contributed by atoms with Crippen molar-refractivity contribution in [3.05, 3.63) is 16.2 Å². The maximum atomic E-state index is 9.17. The highest BCUT2D eigenvalue weighted by Gasteiger charge is 2.04. The van der Waals surface area contributed by atoms with Crippen molar-refractivity contribution < 1.29 is 5.11 Å². The summed E-state index contributed by atoms with van der Waals surface area (Å²) < 4.78 is 0.763. The number of nitrogens with two attached hydrogens (primary N) is 1. The average molecular weight is 203 g/mol. The first-order valence-corrected chi connectivity index (χ1v) is 3.51. The summed E-state index contributed by atoms with van der Waals surface area (Å²) in [7, 11) is 0. The van der Waals surface area contributed by atoms with Crippen LogP contribution in [0.25, 0.3) is 0 Å². The van der Waals surface area contributed by atoms with Crippen LogP contribution in [0.3, 0.4) is 0 Å². The van der Waals surface area contributed by atoms with E-state index in [1.54, 1.807) is 13.1 Å². The van der Waals surface area contributed by atoms with Crippen LogP contribution in [0.4, 0.5) is 5.82 Å². The van der Waals surface area contributed by atoms with Crippen LogP contribution in [0.15, 0.2) is 10.7 Å². The normalized spacial score (nSPS) is 9.80. The Hall–Kier alpha value is -0.770. The van der Waals surface area contributed by atoms with Crippen LogP contribution < -0.4 is 5.73 Å². The summed E-state index contributed by atoms with van der Waals surface area (Å²) in [6.07, 6.45) is 1.56. The van der Waals surface area contributed by atoms with Gasteiger partial charge in [0.1, 0.15) is 0 Å². The average Bonchev–Trinajstić information content (AvgIpc) is 1.93. The Morgan fingerprint density at radius 2 is 2.30 bits per heavy atom. The third kappa shape index (κ3) is 1.07. The van der Waals surface area contributed by atoms with E-state index >= 15 is 0 Å². The standard InChI is InChI=1S/C6H7BrN2O/c1-3-4(7)2-9-6(8)5(3)10/h2,10H,1H3,(H2,8,9). The van der Waals surface area contributed by atoms with Crippen molar-refractivity contribution in [2.75, 3.05) is 5.73 Å². The van der Waals surface area contributed by atoms with Crippen molar-refractivity contribution in [1.82, 2.24) is 4.98 Å². The number of anilines is 1. The fourth-order valence-electron chi connectivity index (χ4n) is 0.589. The van der Waals surface area contributed by atoms with Gasteiger partial charge in [-0.25, -0.2) is 4.98 Å². The first-order valence-electron chi connectivity index (χ1n) is 2.72. The SMILES string of the molecule is Cc1c(Br)cnc(N)c1O. The van der Waals surface area contributed by atoms with Crippen molar-refractivity contribution in [3.63, 3.8) is 0 Å². The fourth-order valence-corrected chi connectivity index (χ4v) is 0.880. The quantitative estimate of drug-likeness (QED) is 0.670. The predicted molar refractivity (Wildman–Crippen MR) is 42.8 cm³/mol. The molecule has 0 saturated carbocycles. The Morgan fingerprint density at radius 1 is 1.70 bits per heavy atom. The molecule has 0 fully saturated rings. The number of hydrogen-bond acceptors (Lipinski definition) is 3. The zero-order chi connectivity index (χ0) is 7.72. The second-order valence-corrected chi connectivity index (χ2v) is 2.82. The van der Waals surface area contributed by atoms with E-state index in [1.165, 1.54) is 0 Å². The molecule has 54 valence electrons. The zero-order valence-corrected chi connectivity index (χ0v) is 7.01. The van der Waals surface area contributed by atoms with E-state index in [1.807, 2.05) is 0 Å². The number of aromatic nitrogens is 1. The lowest BCUT2D eigenvalue weighted by Gasteiger charge is -2.01. The fraction of sp³-hybridized carbons (Fsp3) is 0.167. The molecule has 0 aromatic carbocycles. The molecular weight excluding hydrogens is 196 g/mol. The largest absolute Gasteiger partial charge is 0.504 e. The van der Waals surface area contributed by atoms with Crippen LogP contribution in [0.5, 0.6) is 5.75 Å². The molecule has 0 radical (unpaired) electrons. The van der Waals surface area contributed by atoms with Crippen LogP contribution in [0.1, 0.15) is 5.56 Å². The second kappa shape index (κ2) is 2.46. The van der Waals surface area contributed by atoms with Gasteiger partial charge in [0.05, 0.1) is 0 Å². The van der Waals surface area contributed by atoms with Gasteiger partial charge >= 0.3 is 0 Å². The molecule has 0 atom stereocenters. The molecule has 0 aliphatic carbocycles. The number of nitrogen functional groups attached to an aromatic ring is 1. The molecule has 0 spiro atoms. The summed E-state index contributed by atoms with van der Waals surface area (Å²) in [6.45, 7) is 1.76. The topological polar surface area (TPSA) is 59.1 Å². The van der Waals surface area contributed by atoms with Crippen molar-refractivity contribution in [2.45, 2.75) is 6.92 Å². The van der Waals surface area contributed by atoms with Gasteiger partial charge in [0.15, 0.2) is 11.6 Å². The number of halogens is 1. The lowest BCUT2D eigenvalue weighted by molar-refractivity contribution is 0.471. The minimum atomic E-state index is 0.0503. The highest BCUT2D eigenvalue weighted by molar-refractivity contribution is 9.10. The van der Waals surface area contributed by atoms with E-state index in [4.69, 9.17) is 10.8 Å². The molecule has 0 unspecified atom stereocenters. The lowest BCUT2D eigenvalue weighted by atomic mass is 10.3. The maximum absolute atomic E-state index is 9.17. The van der Waals surface area contributed by atoms with Gasteiger partial charge in [-0.3, -0.25) is 0 Å². The molecule has 4 heteroatoms. The third-order valence-electron chi connectivity index (χ3n) is 1.27. The summed E-state index contributed by atoms with van der Waals surface area (Å²) >= 11 is 3.20. The van der Waals surface area contributed by atoms with E-state index < -0.39 is 0 Å². The molecule has 1 rings (SSSR count). The van der Waals surface area contributed by atoms with Gasteiger partial charge in [-0.2, -0.15) is 0 Å². The van der Waals surface area contributed by atoms with E-state index in [9.17, 15) is 0 Å². The van der Waals surface area contributed by atoms with E-state index in [-0.39, 0.29) is 11.6 Å². The smallest absolute Gasteiger partial charge is 0.166 e. The molecule has 0 saturated heterocycles. The van der Waals surface area contributed by atoms with Gasteiger partial charge in [0.2, 0.25) is 0 Å².